The zero-order chi connectivity index (χ0) is 35.7. The van der Waals surface area contributed by atoms with E-state index in [0.717, 1.165) is 69.1 Å². The maximum Gasteiger partial charge on any atom is 0.0736 e. The molecule has 0 N–H and O–H groups in total. The first-order valence-electron chi connectivity index (χ1n) is 19.2. The summed E-state index contributed by atoms with van der Waals surface area (Å²) in [6, 6.07) is 27.0. The minimum absolute atomic E-state index is 0.346. The van der Waals surface area contributed by atoms with Crippen molar-refractivity contribution in [2.45, 2.75) is 70.6 Å². The monoisotopic (exact) mass is 677 g/mol. The third-order valence-corrected chi connectivity index (χ3v) is 11.1. The lowest BCUT2D eigenvalue weighted by Crippen LogP contribution is -2.07. The van der Waals surface area contributed by atoms with Crippen LogP contribution in [-0.4, -0.2) is 6.21 Å². The number of rotatable bonds is 11. The van der Waals surface area contributed by atoms with Crippen LogP contribution in [0.4, 0.5) is 0 Å². The average Bonchev–Trinajstić information content (AvgIpc) is 3.22. The van der Waals surface area contributed by atoms with Gasteiger partial charge in [0.2, 0.25) is 0 Å². The molecule has 1 heterocycles. The topological polar surface area (TPSA) is 12.4 Å². The minimum atomic E-state index is 0.346. The van der Waals surface area contributed by atoms with Crippen molar-refractivity contribution in [1.82, 2.24) is 0 Å². The molecule has 260 valence electrons. The van der Waals surface area contributed by atoms with E-state index >= 15 is 0 Å². The molecular weight excluding hydrogens is 627 g/mol. The molecule has 52 heavy (non-hydrogen) atoms. The Labute approximate surface area is 312 Å². The number of benzene rings is 3. The van der Waals surface area contributed by atoms with Crippen molar-refractivity contribution in [2.75, 3.05) is 0 Å². The first kappa shape index (κ1) is 35.1. The van der Waals surface area contributed by atoms with Gasteiger partial charge in [-0.15, -0.1) is 0 Å². The normalized spacial score (nSPS) is 20.5. The van der Waals surface area contributed by atoms with Gasteiger partial charge in [0.1, 0.15) is 0 Å². The maximum atomic E-state index is 4.94. The van der Waals surface area contributed by atoms with E-state index < -0.39 is 0 Å². The summed E-state index contributed by atoms with van der Waals surface area (Å²) in [4.78, 5) is 4.94. The molecule has 0 saturated carbocycles. The van der Waals surface area contributed by atoms with E-state index in [1.807, 2.05) is 6.08 Å². The Bertz CT molecular complexity index is 2080. The van der Waals surface area contributed by atoms with Gasteiger partial charge in [0.25, 0.3) is 0 Å². The van der Waals surface area contributed by atoms with Gasteiger partial charge in [-0.05, 0) is 138 Å². The quantitative estimate of drug-likeness (QED) is 0.179. The Kier molecular flexibility index (Phi) is 11.4. The van der Waals surface area contributed by atoms with E-state index in [1.165, 1.54) is 61.2 Å². The zero-order valence-corrected chi connectivity index (χ0v) is 30.7. The van der Waals surface area contributed by atoms with Gasteiger partial charge >= 0.3 is 0 Å². The highest BCUT2D eigenvalue weighted by atomic mass is 14.7. The Balaban J connectivity index is 1.11. The average molecular weight is 678 g/mol. The number of hydrogen-bond donors (Lipinski definition) is 0. The number of hydrogen-bond acceptors (Lipinski definition) is 1. The van der Waals surface area contributed by atoms with Crippen molar-refractivity contribution in [2.24, 2.45) is 10.9 Å². The van der Waals surface area contributed by atoms with E-state index in [-0.39, 0.29) is 0 Å². The molecule has 2 atom stereocenters. The molecule has 0 bridgehead atoms. The molecule has 0 aromatic heterocycles. The van der Waals surface area contributed by atoms with Gasteiger partial charge in [0.05, 0.1) is 5.70 Å². The Hall–Kier alpha value is -5.27. The SMILES string of the molecule is C=C/C=C(/C(=C)C/C=C(/C=C(\C)c1ccc(C2=C(c3ccc4c(c3)C=CCC4)N=CCC2)cc1)C1C=CC=CC1)C1=CCC(c2ccccc2)CC1. The minimum Gasteiger partial charge on any atom is -0.260 e. The third kappa shape index (κ3) is 8.27. The summed E-state index contributed by atoms with van der Waals surface area (Å²) in [5.41, 5.74) is 16.8. The molecule has 4 aliphatic rings. The van der Waals surface area contributed by atoms with Gasteiger partial charge < -0.3 is 0 Å². The molecule has 3 aromatic carbocycles. The zero-order valence-electron chi connectivity index (χ0n) is 30.7. The van der Waals surface area contributed by atoms with Crippen LogP contribution in [0.5, 0.6) is 0 Å². The summed E-state index contributed by atoms with van der Waals surface area (Å²) in [6.07, 6.45) is 36.3. The summed E-state index contributed by atoms with van der Waals surface area (Å²) in [5.74, 6) is 0.934. The van der Waals surface area contributed by atoms with Crippen LogP contribution in [0.25, 0.3) is 22.9 Å². The smallest absolute Gasteiger partial charge is 0.0736 e. The summed E-state index contributed by atoms with van der Waals surface area (Å²) >= 11 is 0. The molecule has 0 radical (unpaired) electrons. The Morgan fingerprint density at radius 2 is 1.73 bits per heavy atom. The van der Waals surface area contributed by atoms with Crippen LogP contribution in [0.1, 0.15) is 97.6 Å². The third-order valence-electron chi connectivity index (χ3n) is 11.1. The summed E-state index contributed by atoms with van der Waals surface area (Å²) in [5, 5.41) is 0. The van der Waals surface area contributed by atoms with Gasteiger partial charge in [-0.2, -0.15) is 0 Å². The first-order chi connectivity index (χ1) is 25.6. The maximum absolute atomic E-state index is 4.94. The lowest BCUT2D eigenvalue weighted by atomic mass is 9.80. The highest BCUT2D eigenvalue weighted by molar-refractivity contribution is 5.96. The van der Waals surface area contributed by atoms with Gasteiger partial charge in [-0.3, -0.25) is 4.99 Å². The fraction of sp³-hybridized carbons (Fsp3) is 0.235. The molecule has 1 heteroatoms. The number of allylic oxidation sites excluding steroid dienone is 16. The predicted octanol–water partition coefficient (Wildman–Crippen LogP) is 13.8. The molecule has 1 aliphatic heterocycles. The van der Waals surface area contributed by atoms with Crippen LogP contribution in [0, 0.1) is 5.92 Å². The summed E-state index contributed by atoms with van der Waals surface area (Å²) in [7, 11) is 0. The second-order valence-corrected chi connectivity index (χ2v) is 14.5. The van der Waals surface area contributed by atoms with E-state index in [1.54, 1.807) is 0 Å². The fourth-order valence-corrected chi connectivity index (χ4v) is 8.11. The standard InChI is InChI=1S/C51H51N/c1-4-14-49(44-31-26-43(27-32-44)40-15-7-5-8-16-40)37(2)22-23-47(41-17-9-6-10-18-41)35-38(3)39-24-29-45(30-25-39)50-21-13-34-52-51(50)48-33-28-42-19-11-12-20-46(42)36-48/h4-10,12,14-17,20,23-25,28-31,33-36,41,43H,1-2,11,13,18-19,21-22,26-27,32H2,3H3/b38-35+,47-23-,49-14-. The van der Waals surface area contributed by atoms with Crippen molar-refractivity contribution in [1.29, 1.82) is 0 Å². The highest BCUT2D eigenvalue weighted by Crippen LogP contribution is 2.38. The van der Waals surface area contributed by atoms with Crippen LogP contribution < -0.4 is 0 Å². The van der Waals surface area contributed by atoms with Crippen molar-refractivity contribution in [3.63, 3.8) is 0 Å². The van der Waals surface area contributed by atoms with Gasteiger partial charge in [-0.25, -0.2) is 0 Å². The molecule has 0 spiro atoms. The van der Waals surface area contributed by atoms with Gasteiger partial charge in [0.15, 0.2) is 0 Å². The predicted molar refractivity (Wildman–Crippen MR) is 226 cm³/mol. The molecular formula is C51H51N. The van der Waals surface area contributed by atoms with Crippen molar-refractivity contribution in [3.8, 4) is 0 Å². The second kappa shape index (κ2) is 16.8. The van der Waals surface area contributed by atoms with Crippen LogP contribution in [0.15, 0.2) is 174 Å². The molecule has 1 nitrogen and oxygen atoms in total. The van der Waals surface area contributed by atoms with Crippen molar-refractivity contribution < 1.29 is 0 Å². The molecule has 3 aliphatic carbocycles. The number of aliphatic imine (C=N–C) groups is 1. The fourth-order valence-electron chi connectivity index (χ4n) is 8.11. The largest absolute Gasteiger partial charge is 0.260 e. The Morgan fingerprint density at radius 3 is 2.50 bits per heavy atom. The van der Waals surface area contributed by atoms with E-state index in [2.05, 4.69) is 160 Å². The van der Waals surface area contributed by atoms with Crippen LogP contribution in [0.2, 0.25) is 0 Å². The van der Waals surface area contributed by atoms with Gasteiger partial charge in [-0.1, -0.05) is 147 Å². The number of nitrogens with zero attached hydrogens (tertiary/aromatic N) is 1. The van der Waals surface area contributed by atoms with Crippen LogP contribution in [-0.2, 0) is 6.42 Å². The molecule has 2 unspecified atom stereocenters. The highest BCUT2D eigenvalue weighted by Gasteiger charge is 2.20. The van der Waals surface area contributed by atoms with Gasteiger partial charge in [0, 0.05) is 17.7 Å². The number of aryl methyl sites for hydroxylation is 1. The van der Waals surface area contributed by atoms with Crippen LogP contribution in [0.3, 0.4) is 0 Å². The summed E-state index contributed by atoms with van der Waals surface area (Å²) in [6.45, 7) is 10.9. The molecule has 7 rings (SSSR count). The van der Waals surface area contributed by atoms with Crippen molar-refractivity contribution >= 4 is 29.1 Å². The second-order valence-electron chi connectivity index (χ2n) is 14.5. The molecule has 0 saturated heterocycles. The van der Waals surface area contributed by atoms with Crippen LogP contribution >= 0.6 is 0 Å². The van der Waals surface area contributed by atoms with E-state index in [0.29, 0.717) is 11.8 Å². The van der Waals surface area contributed by atoms with E-state index in [4.69, 9.17) is 4.99 Å². The van der Waals surface area contributed by atoms with Crippen molar-refractivity contribution in [3.05, 3.63) is 202 Å². The number of fused-ring (bicyclic) bond motifs is 1. The Morgan fingerprint density at radius 1 is 0.885 bits per heavy atom. The molecule has 3 aromatic rings. The first-order valence-corrected chi connectivity index (χ1v) is 19.2. The lowest BCUT2D eigenvalue weighted by Gasteiger charge is -2.24. The van der Waals surface area contributed by atoms with E-state index in [9.17, 15) is 0 Å². The lowest BCUT2D eigenvalue weighted by molar-refractivity contribution is 0.602. The summed E-state index contributed by atoms with van der Waals surface area (Å²) < 4.78 is 0. The molecule has 0 fully saturated rings. The molecule has 0 amide bonds.